The van der Waals surface area contributed by atoms with Crippen LogP contribution in [0.1, 0.15) is 5.76 Å². The molecule has 0 unspecified atom stereocenters. The predicted molar refractivity (Wildman–Crippen MR) is 110 cm³/mol. The van der Waals surface area contributed by atoms with E-state index in [2.05, 4.69) is 5.32 Å². The number of carbonyl (C=O) groups excluding carboxylic acids is 1. The van der Waals surface area contributed by atoms with Crippen molar-refractivity contribution in [2.75, 3.05) is 5.75 Å². The van der Waals surface area contributed by atoms with Crippen molar-refractivity contribution in [3.05, 3.63) is 91.0 Å². The molecular weight excluding hydrogens is 370 g/mol. The van der Waals surface area contributed by atoms with Gasteiger partial charge in [0.1, 0.15) is 5.76 Å². The summed E-state index contributed by atoms with van der Waals surface area (Å²) in [4.78, 5) is 17.0. The van der Waals surface area contributed by atoms with Crippen LogP contribution in [0.15, 0.2) is 94.8 Å². The van der Waals surface area contributed by atoms with Crippen molar-refractivity contribution in [3.63, 3.8) is 0 Å². The summed E-state index contributed by atoms with van der Waals surface area (Å²) in [7, 11) is 0. The van der Waals surface area contributed by atoms with E-state index < -0.39 is 0 Å². The number of benzene rings is 2. The maximum atomic E-state index is 12.2. The van der Waals surface area contributed by atoms with E-state index in [0.29, 0.717) is 6.54 Å². The highest BCUT2D eigenvalue weighted by Crippen LogP contribution is 2.27. The van der Waals surface area contributed by atoms with Gasteiger partial charge in [0.05, 0.1) is 24.3 Å². The number of hydrogen-bond donors (Lipinski definition) is 1. The molecule has 5 nitrogen and oxygen atoms in total. The Bertz CT molecular complexity index is 1030. The van der Waals surface area contributed by atoms with Crippen LogP contribution in [0.2, 0.25) is 0 Å². The molecule has 1 N–H and O–H groups in total. The van der Waals surface area contributed by atoms with Gasteiger partial charge in [0, 0.05) is 17.4 Å². The molecule has 0 aliphatic carbocycles. The molecule has 140 valence electrons. The Labute approximate surface area is 167 Å². The van der Waals surface area contributed by atoms with Gasteiger partial charge in [0.2, 0.25) is 5.91 Å². The van der Waals surface area contributed by atoms with Crippen LogP contribution in [-0.2, 0) is 11.3 Å². The molecule has 28 heavy (non-hydrogen) atoms. The molecule has 0 aliphatic heterocycles. The number of amides is 1. The van der Waals surface area contributed by atoms with Gasteiger partial charge in [-0.1, -0.05) is 60.3 Å². The zero-order chi connectivity index (χ0) is 19.2. The van der Waals surface area contributed by atoms with E-state index in [1.54, 1.807) is 12.3 Å². The van der Waals surface area contributed by atoms with Crippen LogP contribution in [-0.4, -0.2) is 21.2 Å². The van der Waals surface area contributed by atoms with Crippen LogP contribution in [0.4, 0.5) is 0 Å². The molecule has 1 amide bonds. The summed E-state index contributed by atoms with van der Waals surface area (Å²) in [5.74, 6) is 0.944. The highest BCUT2D eigenvalue weighted by molar-refractivity contribution is 7.99. The zero-order valence-electron chi connectivity index (χ0n) is 15.1. The predicted octanol–water partition coefficient (Wildman–Crippen LogP) is 4.54. The second-order valence-electron chi connectivity index (χ2n) is 6.13. The second kappa shape index (κ2) is 8.63. The smallest absolute Gasteiger partial charge is 0.230 e. The molecule has 0 atom stereocenters. The summed E-state index contributed by atoms with van der Waals surface area (Å²) in [5, 5.41) is 3.64. The van der Waals surface area contributed by atoms with Crippen LogP contribution in [0.3, 0.4) is 0 Å². The molecule has 4 aromatic rings. The fourth-order valence-electron chi connectivity index (χ4n) is 2.77. The summed E-state index contributed by atoms with van der Waals surface area (Å²) in [6, 6.07) is 23.7. The van der Waals surface area contributed by atoms with Crippen LogP contribution < -0.4 is 5.32 Å². The van der Waals surface area contributed by atoms with E-state index in [9.17, 15) is 4.79 Å². The van der Waals surface area contributed by atoms with E-state index >= 15 is 0 Å². The van der Waals surface area contributed by atoms with Crippen LogP contribution >= 0.6 is 11.8 Å². The minimum atomic E-state index is -0.0646. The van der Waals surface area contributed by atoms with E-state index in [-0.39, 0.29) is 11.7 Å². The topological polar surface area (TPSA) is 60.1 Å². The summed E-state index contributed by atoms with van der Waals surface area (Å²) in [6.07, 6.45) is 3.60. The van der Waals surface area contributed by atoms with E-state index in [4.69, 9.17) is 9.40 Å². The first kappa shape index (κ1) is 18.1. The Balaban J connectivity index is 1.51. The SMILES string of the molecule is O=C(CSc1nc(-c2ccccc2)cn1-c1ccccc1)NCc1ccco1. The molecule has 0 spiro atoms. The number of aromatic nitrogens is 2. The Morgan fingerprint density at radius 2 is 1.75 bits per heavy atom. The number of rotatable bonds is 7. The quantitative estimate of drug-likeness (QED) is 0.472. The number of hydrogen-bond acceptors (Lipinski definition) is 4. The molecule has 0 radical (unpaired) electrons. The van der Waals surface area contributed by atoms with Crippen molar-refractivity contribution >= 4 is 17.7 Å². The minimum Gasteiger partial charge on any atom is -0.467 e. The van der Waals surface area contributed by atoms with Gasteiger partial charge in [-0.05, 0) is 24.3 Å². The molecule has 0 saturated carbocycles. The number of nitrogens with zero attached hydrogens (tertiary/aromatic N) is 2. The number of carbonyl (C=O) groups is 1. The summed E-state index contributed by atoms with van der Waals surface area (Å²) >= 11 is 1.41. The molecule has 2 heterocycles. The third kappa shape index (κ3) is 4.35. The van der Waals surface area contributed by atoms with Gasteiger partial charge < -0.3 is 9.73 Å². The third-order valence-corrected chi connectivity index (χ3v) is 5.10. The van der Waals surface area contributed by atoms with E-state index in [1.807, 2.05) is 77.5 Å². The maximum absolute atomic E-state index is 12.2. The highest BCUT2D eigenvalue weighted by atomic mass is 32.2. The van der Waals surface area contributed by atoms with E-state index in [1.165, 1.54) is 11.8 Å². The number of para-hydroxylation sites is 1. The van der Waals surface area contributed by atoms with Gasteiger partial charge in [0.15, 0.2) is 5.16 Å². The average Bonchev–Trinajstić information content (AvgIpc) is 3.42. The summed E-state index contributed by atoms with van der Waals surface area (Å²) in [5.41, 5.74) is 2.93. The molecule has 2 aromatic carbocycles. The Kier molecular flexibility index (Phi) is 5.58. The Hall–Kier alpha value is -3.25. The van der Waals surface area contributed by atoms with Gasteiger partial charge in [0.25, 0.3) is 0 Å². The number of imidazole rings is 1. The van der Waals surface area contributed by atoms with Crippen LogP contribution in [0.25, 0.3) is 16.9 Å². The number of nitrogens with one attached hydrogen (secondary N) is 1. The molecule has 0 bridgehead atoms. The van der Waals surface area contributed by atoms with Crippen LogP contribution in [0.5, 0.6) is 0 Å². The lowest BCUT2D eigenvalue weighted by atomic mass is 10.2. The first-order chi connectivity index (χ1) is 13.8. The largest absolute Gasteiger partial charge is 0.467 e. The molecule has 0 saturated heterocycles. The fraction of sp³-hybridized carbons (Fsp3) is 0.0909. The standard InChI is InChI=1S/C22H19N3O2S/c26-21(23-14-19-12-7-13-27-19)16-28-22-24-20(17-8-3-1-4-9-17)15-25(22)18-10-5-2-6-11-18/h1-13,15H,14,16H2,(H,23,26). The van der Waals surface area contributed by atoms with Gasteiger partial charge in [-0.25, -0.2) is 4.98 Å². The molecule has 2 aromatic heterocycles. The minimum absolute atomic E-state index is 0.0646. The normalized spacial score (nSPS) is 10.7. The van der Waals surface area contributed by atoms with Crippen molar-refractivity contribution in [3.8, 4) is 16.9 Å². The fourth-order valence-corrected chi connectivity index (χ4v) is 3.59. The lowest BCUT2D eigenvalue weighted by Crippen LogP contribution is -2.24. The van der Waals surface area contributed by atoms with Crippen molar-refractivity contribution in [2.24, 2.45) is 0 Å². The van der Waals surface area contributed by atoms with Crippen molar-refractivity contribution in [1.82, 2.24) is 14.9 Å². The van der Waals surface area contributed by atoms with Crippen molar-refractivity contribution in [1.29, 1.82) is 0 Å². The van der Waals surface area contributed by atoms with Crippen molar-refractivity contribution in [2.45, 2.75) is 11.7 Å². The van der Waals surface area contributed by atoms with E-state index in [0.717, 1.165) is 27.9 Å². The first-order valence-electron chi connectivity index (χ1n) is 8.92. The summed E-state index contributed by atoms with van der Waals surface area (Å²) < 4.78 is 7.26. The summed E-state index contributed by atoms with van der Waals surface area (Å²) in [6.45, 7) is 0.384. The highest BCUT2D eigenvalue weighted by Gasteiger charge is 2.13. The zero-order valence-corrected chi connectivity index (χ0v) is 15.9. The number of furan rings is 1. The molecule has 0 aliphatic rings. The molecular formula is C22H19N3O2S. The van der Waals surface area contributed by atoms with Gasteiger partial charge in [-0.2, -0.15) is 0 Å². The van der Waals surface area contributed by atoms with Crippen LogP contribution in [0, 0.1) is 0 Å². The third-order valence-electron chi connectivity index (χ3n) is 4.15. The lowest BCUT2D eigenvalue weighted by molar-refractivity contribution is -0.118. The number of thioether (sulfide) groups is 1. The first-order valence-corrected chi connectivity index (χ1v) is 9.90. The Morgan fingerprint density at radius 1 is 1.00 bits per heavy atom. The second-order valence-corrected chi connectivity index (χ2v) is 7.07. The lowest BCUT2D eigenvalue weighted by Gasteiger charge is -2.07. The molecule has 6 heteroatoms. The van der Waals surface area contributed by atoms with Crippen molar-refractivity contribution < 1.29 is 9.21 Å². The average molecular weight is 389 g/mol. The molecule has 0 fully saturated rings. The van der Waals surface area contributed by atoms with Gasteiger partial charge in [-0.3, -0.25) is 9.36 Å². The Morgan fingerprint density at radius 3 is 2.46 bits per heavy atom. The van der Waals surface area contributed by atoms with Gasteiger partial charge in [-0.15, -0.1) is 0 Å². The monoisotopic (exact) mass is 389 g/mol. The maximum Gasteiger partial charge on any atom is 0.230 e. The van der Waals surface area contributed by atoms with Gasteiger partial charge >= 0.3 is 0 Å². The molecule has 4 rings (SSSR count).